The van der Waals surface area contributed by atoms with Gasteiger partial charge in [-0.1, -0.05) is 45.0 Å². The predicted molar refractivity (Wildman–Crippen MR) is 103 cm³/mol. The molecule has 0 saturated heterocycles. The highest BCUT2D eigenvalue weighted by Crippen LogP contribution is 2.20. The summed E-state index contributed by atoms with van der Waals surface area (Å²) in [6, 6.07) is 14.1. The molecule has 0 aliphatic heterocycles. The molecule has 0 spiro atoms. The number of para-hydroxylation sites is 1. The van der Waals surface area contributed by atoms with Crippen LogP contribution >= 0.6 is 0 Å². The molecule has 130 valence electrons. The average molecular weight is 335 g/mol. The third kappa shape index (κ3) is 4.08. The summed E-state index contributed by atoms with van der Waals surface area (Å²) in [5.74, 6) is 1.43. The Hall–Kier alpha value is -2.62. The number of nitrogens with one attached hydrogen (secondary N) is 2. The van der Waals surface area contributed by atoms with Crippen molar-refractivity contribution in [3.8, 4) is 0 Å². The standard InChI is InChI=1S/C21H25N3O/c1-4-16-7-5-6-8-17(16)22-20(25)12-10-15-9-11-18-19(13-15)24-21(23-18)14(2)3/h5-9,11,13-14H,4,10,12H2,1-3H3,(H,22,25)(H,23,24). The van der Waals surface area contributed by atoms with Gasteiger partial charge in [0, 0.05) is 18.0 Å². The number of hydrogen-bond donors (Lipinski definition) is 2. The van der Waals surface area contributed by atoms with Gasteiger partial charge in [0.1, 0.15) is 5.82 Å². The second-order valence-electron chi connectivity index (χ2n) is 6.69. The molecule has 0 saturated carbocycles. The quantitative estimate of drug-likeness (QED) is 0.678. The van der Waals surface area contributed by atoms with Gasteiger partial charge < -0.3 is 10.3 Å². The van der Waals surface area contributed by atoms with E-state index in [0.717, 1.165) is 40.1 Å². The number of aromatic amines is 1. The molecule has 1 aromatic heterocycles. The average Bonchev–Trinajstić information content (AvgIpc) is 3.04. The van der Waals surface area contributed by atoms with Crippen molar-refractivity contribution in [2.75, 3.05) is 5.32 Å². The van der Waals surface area contributed by atoms with Gasteiger partial charge in [-0.15, -0.1) is 0 Å². The lowest BCUT2D eigenvalue weighted by Crippen LogP contribution is -2.13. The van der Waals surface area contributed by atoms with E-state index in [1.165, 1.54) is 0 Å². The van der Waals surface area contributed by atoms with Crippen molar-refractivity contribution in [3.63, 3.8) is 0 Å². The minimum atomic E-state index is 0.0495. The Morgan fingerprint density at radius 2 is 2.00 bits per heavy atom. The van der Waals surface area contributed by atoms with Gasteiger partial charge in [0.25, 0.3) is 0 Å². The van der Waals surface area contributed by atoms with Crippen molar-refractivity contribution in [1.29, 1.82) is 0 Å². The number of carbonyl (C=O) groups is 1. The maximum absolute atomic E-state index is 12.3. The zero-order chi connectivity index (χ0) is 17.8. The zero-order valence-corrected chi connectivity index (χ0v) is 15.1. The second-order valence-corrected chi connectivity index (χ2v) is 6.69. The van der Waals surface area contributed by atoms with Crippen LogP contribution < -0.4 is 5.32 Å². The molecule has 25 heavy (non-hydrogen) atoms. The van der Waals surface area contributed by atoms with Gasteiger partial charge >= 0.3 is 0 Å². The number of anilines is 1. The molecule has 2 N–H and O–H groups in total. The minimum Gasteiger partial charge on any atom is -0.342 e. The molecule has 0 aliphatic carbocycles. The molecule has 0 atom stereocenters. The van der Waals surface area contributed by atoms with Crippen LogP contribution in [0.25, 0.3) is 11.0 Å². The minimum absolute atomic E-state index is 0.0495. The Morgan fingerprint density at radius 3 is 2.76 bits per heavy atom. The van der Waals surface area contributed by atoms with Crippen molar-refractivity contribution in [2.24, 2.45) is 0 Å². The van der Waals surface area contributed by atoms with Gasteiger partial charge in [-0.25, -0.2) is 4.98 Å². The SMILES string of the molecule is CCc1ccccc1NC(=O)CCc1ccc2nc(C(C)C)[nH]c2c1. The number of amides is 1. The molecular formula is C21H25N3O. The van der Waals surface area contributed by atoms with E-state index >= 15 is 0 Å². The summed E-state index contributed by atoms with van der Waals surface area (Å²) in [6.45, 7) is 6.34. The lowest BCUT2D eigenvalue weighted by Gasteiger charge is -2.09. The zero-order valence-electron chi connectivity index (χ0n) is 15.1. The van der Waals surface area contributed by atoms with E-state index in [9.17, 15) is 4.79 Å². The number of aryl methyl sites for hydroxylation is 2. The fraction of sp³-hybridized carbons (Fsp3) is 0.333. The number of benzene rings is 2. The Kier molecular flexibility index (Phi) is 5.17. The topological polar surface area (TPSA) is 57.8 Å². The number of H-pyrrole nitrogens is 1. The van der Waals surface area contributed by atoms with Gasteiger partial charge in [0.2, 0.25) is 5.91 Å². The second kappa shape index (κ2) is 7.51. The van der Waals surface area contributed by atoms with Crippen LogP contribution in [0.15, 0.2) is 42.5 Å². The first kappa shape index (κ1) is 17.2. The number of hydrogen-bond acceptors (Lipinski definition) is 2. The van der Waals surface area contributed by atoms with Crippen LogP contribution in [0.5, 0.6) is 0 Å². The highest BCUT2D eigenvalue weighted by molar-refractivity contribution is 5.91. The first-order chi connectivity index (χ1) is 12.1. The van der Waals surface area contributed by atoms with Gasteiger partial charge in [-0.05, 0) is 42.2 Å². The van der Waals surface area contributed by atoms with Crippen LogP contribution in [0.4, 0.5) is 5.69 Å². The molecule has 0 fully saturated rings. The predicted octanol–water partition coefficient (Wildman–Crippen LogP) is 4.82. The Labute approximate surface area is 148 Å². The van der Waals surface area contributed by atoms with Gasteiger partial charge in [0.15, 0.2) is 0 Å². The third-order valence-electron chi connectivity index (χ3n) is 4.42. The van der Waals surface area contributed by atoms with E-state index in [4.69, 9.17) is 0 Å². The van der Waals surface area contributed by atoms with Crippen LogP contribution in [0.1, 0.15) is 50.1 Å². The summed E-state index contributed by atoms with van der Waals surface area (Å²) in [5.41, 5.74) is 5.24. The van der Waals surface area contributed by atoms with E-state index < -0.39 is 0 Å². The van der Waals surface area contributed by atoms with Crippen molar-refractivity contribution >= 4 is 22.6 Å². The van der Waals surface area contributed by atoms with Gasteiger partial charge in [-0.3, -0.25) is 4.79 Å². The molecule has 0 radical (unpaired) electrons. The molecule has 0 aliphatic rings. The molecule has 1 heterocycles. The Bertz CT molecular complexity index is 880. The fourth-order valence-corrected chi connectivity index (χ4v) is 2.93. The van der Waals surface area contributed by atoms with E-state index in [0.29, 0.717) is 18.8 Å². The Balaban J connectivity index is 1.64. The molecule has 2 aromatic carbocycles. The lowest BCUT2D eigenvalue weighted by atomic mass is 10.1. The normalized spacial score (nSPS) is 11.2. The van der Waals surface area contributed by atoms with E-state index in [1.54, 1.807) is 0 Å². The highest BCUT2D eigenvalue weighted by atomic mass is 16.1. The summed E-state index contributed by atoms with van der Waals surface area (Å²) in [5, 5.41) is 3.03. The highest BCUT2D eigenvalue weighted by Gasteiger charge is 2.09. The van der Waals surface area contributed by atoms with Crippen molar-refractivity contribution in [2.45, 2.75) is 46.0 Å². The van der Waals surface area contributed by atoms with E-state index in [1.807, 2.05) is 30.3 Å². The first-order valence-corrected chi connectivity index (χ1v) is 8.93. The van der Waals surface area contributed by atoms with Gasteiger partial charge in [0.05, 0.1) is 11.0 Å². The monoisotopic (exact) mass is 335 g/mol. The van der Waals surface area contributed by atoms with Crippen molar-refractivity contribution in [3.05, 3.63) is 59.4 Å². The van der Waals surface area contributed by atoms with Gasteiger partial charge in [-0.2, -0.15) is 0 Å². The molecule has 0 bridgehead atoms. The van der Waals surface area contributed by atoms with Crippen molar-refractivity contribution < 1.29 is 4.79 Å². The molecule has 4 nitrogen and oxygen atoms in total. The van der Waals surface area contributed by atoms with Crippen LogP contribution in [0.2, 0.25) is 0 Å². The molecule has 1 amide bonds. The summed E-state index contributed by atoms with van der Waals surface area (Å²) < 4.78 is 0. The number of carbonyl (C=O) groups excluding carboxylic acids is 1. The molecular weight excluding hydrogens is 310 g/mol. The molecule has 3 rings (SSSR count). The number of fused-ring (bicyclic) bond motifs is 1. The number of aromatic nitrogens is 2. The van der Waals surface area contributed by atoms with Crippen LogP contribution in [0, 0.1) is 0 Å². The summed E-state index contributed by atoms with van der Waals surface area (Å²) in [7, 11) is 0. The van der Waals surface area contributed by atoms with E-state index in [2.05, 4.69) is 48.2 Å². The van der Waals surface area contributed by atoms with E-state index in [-0.39, 0.29) is 5.91 Å². The fourth-order valence-electron chi connectivity index (χ4n) is 2.93. The maximum atomic E-state index is 12.3. The smallest absolute Gasteiger partial charge is 0.224 e. The largest absolute Gasteiger partial charge is 0.342 e. The van der Waals surface area contributed by atoms with Crippen LogP contribution in [0.3, 0.4) is 0 Å². The number of rotatable bonds is 6. The molecule has 3 aromatic rings. The van der Waals surface area contributed by atoms with Crippen LogP contribution in [-0.4, -0.2) is 15.9 Å². The lowest BCUT2D eigenvalue weighted by molar-refractivity contribution is -0.116. The summed E-state index contributed by atoms with van der Waals surface area (Å²) >= 11 is 0. The van der Waals surface area contributed by atoms with Crippen LogP contribution in [-0.2, 0) is 17.6 Å². The first-order valence-electron chi connectivity index (χ1n) is 8.93. The maximum Gasteiger partial charge on any atom is 0.224 e. The Morgan fingerprint density at radius 1 is 1.20 bits per heavy atom. The molecule has 0 unspecified atom stereocenters. The number of imidazole rings is 1. The van der Waals surface area contributed by atoms with Crippen molar-refractivity contribution in [1.82, 2.24) is 9.97 Å². The molecule has 4 heteroatoms. The number of nitrogens with zero attached hydrogens (tertiary/aromatic N) is 1. The summed E-state index contributed by atoms with van der Waals surface area (Å²) in [4.78, 5) is 20.2. The summed E-state index contributed by atoms with van der Waals surface area (Å²) in [6.07, 6.45) is 2.09. The third-order valence-corrected chi connectivity index (χ3v) is 4.42.